The van der Waals surface area contributed by atoms with Crippen molar-refractivity contribution in [2.24, 2.45) is 4.99 Å². The molecular weight excluding hydrogens is 455 g/mol. The van der Waals surface area contributed by atoms with Crippen LogP contribution in [0.5, 0.6) is 11.5 Å². The molecule has 0 fully saturated rings. The molecule has 0 spiro atoms. The molecule has 0 aliphatic rings. The maximum atomic E-state index is 5.77. The number of aryl methyl sites for hydroxylation is 1. The number of nitrogens with one attached hydrogen (secondary N) is 1. The Morgan fingerprint density at radius 1 is 1.15 bits per heavy atom. The Bertz CT molecular complexity index is 690. The molecule has 0 bridgehead atoms. The molecule has 0 saturated heterocycles. The summed E-state index contributed by atoms with van der Waals surface area (Å²) in [7, 11) is 5.44. The number of halogens is 1. The van der Waals surface area contributed by atoms with Crippen LogP contribution < -0.4 is 14.8 Å². The predicted molar refractivity (Wildman–Crippen MR) is 121 cm³/mol. The lowest BCUT2D eigenvalue weighted by Gasteiger charge is -2.22. The van der Waals surface area contributed by atoms with Crippen LogP contribution in [0.2, 0.25) is 0 Å². The zero-order valence-corrected chi connectivity index (χ0v) is 18.8. The molecule has 0 radical (unpaired) electrons. The van der Waals surface area contributed by atoms with Crippen LogP contribution in [0.15, 0.2) is 47.6 Å². The summed E-state index contributed by atoms with van der Waals surface area (Å²) in [6.45, 7) is 4.11. The van der Waals surface area contributed by atoms with Crippen molar-refractivity contribution < 1.29 is 9.47 Å². The third kappa shape index (κ3) is 8.03. The van der Waals surface area contributed by atoms with Gasteiger partial charge in [0, 0.05) is 32.5 Å². The van der Waals surface area contributed by atoms with Gasteiger partial charge in [0.2, 0.25) is 0 Å². The van der Waals surface area contributed by atoms with E-state index in [0.29, 0.717) is 6.61 Å². The van der Waals surface area contributed by atoms with Gasteiger partial charge in [-0.25, -0.2) is 0 Å². The summed E-state index contributed by atoms with van der Waals surface area (Å²) in [5, 5.41) is 3.37. The lowest BCUT2D eigenvalue weighted by atomic mass is 10.2. The van der Waals surface area contributed by atoms with Crippen LogP contribution in [-0.2, 0) is 6.42 Å². The quantitative estimate of drug-likeness (QED) is 0.355. The third-order valence-corrected chi connectivity index (χ3v) is 4.00. The predicted octanol–water partition coefficient (Wildman–Crippen LogP) is 3.15. The van der Waals surface area contributed by atoms with E-state index in [2.05, 4.69) is 26.3 Å². The second-order valence-electron chi connectivity index (χ2n) is 5.98. The molecule has 0 aliphatic heterocycles. The molecular formula is C20H29IN4O2. The standard InChI is InChI=1S/C20H28N4O2.HI/c1-16-5-6-17(15-23-16)11-12-22-20(21-2)24(3)13-14-26-19-9-7-18(25-4)8-10-19;/h5-10,15H,11-14H2,1-4H3,(H,21,22);1H. The average Bonchev–Trinajstić information content (AvgIpc) is 2.67. The summed E-state index contributed by atoms with van der Waals surface area (Å²) in [5.74, 6) is 2.50. The van der Waals surface area contributed by atoms with Crippen LogP contribution in [-0.4, -0.2) is 56.7 Å². The number of ether oxygens (including phenoxy) is 2. The third-order valence-electron chi connectivity index (χ3n) is 4.00. The Balaban J connectivity index is 0.00000364. The molecule has 0 aliphatic carbocycles. The Labute approximate surface area is 179 Å². The average molecular weight is 484 g/mol. The van der Waals surface area contributed by atoms with Crippen molar-refractivity contribution in [1.82, 2.24) is 15.2 Å². The van der Waals surface area contributed by atoms with Crippen molar-refractivity contribution >= 4 is 29.9 Å². The largest absolute Gasteiger partial charge is 0.497 e. The van der Waals surface area contributed by atoms with E-state index in [1.165, 1.54) is 5.56 Å². The molecule has 148 valence electrons. The lowest BCUT2D eigenvalue weighted by Crippen LogP contribution is -2.41. The number of hydrogen-bond donors (Lipinski definition) is 1. The number of guanidine groups is 1. The molecule has 0 atom stereocenters. The monoisotopic (exact) mass is 484 g/mol. The maximum absolute atomic E-state index is 5.77. The van der Waals surface area contributed by atoms with Crippen LogP contribution in [0, 0.1) is 6.92 Å². The smallest absolute Gasteiger partial charge is 0.193 e. The van der Waals surface area contributed by atoms with Crippen LogP contribution in [0.25, 0.3) is 0 Å². The van der Waals surface area contributed by atoms with Gasteiger partial charge in [0.1, 0.15) is 18.1 Å². The molecule has 1 N–H and O–H groups in total. The molecule has 0 amide bonds. The summed E-state index contributed by atoms with van der Waals surface area (Å²) in [6.07, 6.45) is 2.83. The van der Waals surface area contributed by atoms with E-state index in [4.69, 9.17) is 9.47 Å². The number of aliphatic imine (C=N–C) groups is 1. The number of pyridine rings is 1. The van der Waals surface area contributed by atoms with Gasteiger partial charge in [0.05, 0.1) is 13.7 Å². The van der Waals surface area contributed by atoms with Gasteiger partial charge < -0.3 is 19.7 Å². The fourth-order valence-corrected chi connectivity index (χ4v) is 2.43. The number of nitrogens with zero attached hydrogens (tertiary/aromatic N) is 3. The zero-order chi connectivity index (χ0) is 18.8. The van der Waals surface area contributed by atoms with Crippen LogP contribution in [0.4, 0.5) is 0 Å². The SMILES string of the molecule is CN=C(NCCc1ccc(C)nc1)N(C)CCOc1ccc(OC)cc1.I. The van der Waals surface area contributed by atoms with Gasteiger partial charge in [-0.15, -0.1) is 24.0 Å². The van der Waals surface area contributed by atoms with Crippen molar-refractivity contribution in [1.29, 1.82) is 0 Å². The molecule has 2 rings (SSSR count). The second kappa shape index (κ2) is 12.4. The molecule has 7 heteroatoms. The minimum atomic E-state index is 0. The van der Waals surface area contributed by atoms with E-state index in [1.807, 2.05) is 50.5 Å². The Morgan fingerprint density at radius 2 is 1.85 bits per heavy atom. The first-order valence-electron chi connectivity index (χ1n) is 8.72. The zero-order valence-electron chi connectivity index (χ0n) is 16.4. The first-order chi connectivity index (χ1) is 12.6. The fraction of sp³-hybridized carbons (Fsp3) is 0.400. The summed E-state index contributed by atoms with van der Waals surface area (Å²) >= 11 is 0. The van der Waals surface area contributed by atoms with Gasteiger partial charge in [-0.2, -0.15) is 0 Å². The molecule has 0 unspecified atom stereocenters. The molecule has 1 aromatic heterocycles. The fourth-order valence-electron chi connectivity index (χ4n) is 2.43. The van der Waals surface area contributed by atoms with E-state index >= 15 is 0 Å². The number of hydrogen-bond acceptors (Lipinski definition) is 4. The molecule has 0 saturated carbocycles. The number of aromatic nitrogens is 1. The van der Waals surface area contributed by atoms with Gasteiger partial charge in [-0.1, -0.05) is 6.07 Å². The van der Waals surface area contributed by atoms with Crippen molar-refractivity contribution in [3.05, 3.63) is 53.9 Å². The summed E-state index contributed by atoms with van der Waals surface area (Å²) < 4.78 is 10.9. The van der Waals surface area contributed by atoms with E-state index in [0.717, 1.165) is 42.7 Å². The minimum absolute atomic E-state index is 0. The highest BCUT2D eigenvalue weighted by atomic mass is 127. The first-order valence-corrected chi connectivity index (χ1v) is 8.72. The van der Waals surface area contributed by atoms with Gasteiger partial charge in [0.15, 0.2) is 5.96 Å². The highest BCUT2D eigenvalue weighted by molar-refractivity contribution is 14.0. The van der Waals surface area contributed by atoms with E-state index in [-0.39, 0.29) is 24.0 Å². The van der Waals surface area contributed by atoms with Crippen LogP contribution >= 0.6 is 24.0 Å². The Hall–Kier alpha value is -2.03. The van der Waals surface area contributed by atoms with Crippen molar-refractivity contribution in [3.8, 4) is 11.5 Å². The normalized spacial score (nSPS) is 10.7. The lowest BCUT2D eigenvalue weighted by molar-refractivity contribution is 0.281. The Morgan fingerprint density at radius 3 is 2.44 bits per heavy atom. The van der Waals surface area contributed by atoms with Gasteiger partial charge in [-0.3, -0.25) is 9.98 Å². The Kier molecular flexibility index (Phi) is 10.5. The summed E-state index contributed by atoms with van der Waals surface area (Å²) in [5.41, 5.74) is 2.25. The second-order valence-corrected chi connectivity index (χ2v) is 5.98. The van der Waals surface area contributed by atoms with Gasteiger partial charge >= 0.3 is 0 Å². The highest BCUT2D eigenvalue weighted by Gasteiger charge is 2.06. The number of rotatable bonds is 8. The summed E-state index contributed by atoms with van der Waals surface area (Å²) in [6, 6.07) is 11.7. The van der Waals surface area contributed by atoms with Gasteiger partial charge in [-0.05, 0) is 49.2 Å². The first kappa shape index (κ1) is 23.0. The van der Waals surface area contributed by atoms with Crippen molar-refractivity contribution in [3.63, 3.8) is 0 Å². The van der Waals surface area contributed by atoms with E-state index in [9.17, 15) is 0 Å². The van der Waals surface area contributed by atoms with Crippen LogP contribution in [0.3, 0.4) is 0 Å². The van der Waals surface area contributed by atoms with Gasteiger partial charge in [0.25, 0.3) is 0 Å². The highest BCUT2D eigenvalue weighted by Crippen LogP contribution is 2.16. The number of methoxy groups -OCH3 is 1. The number of likely N-dealkylation sites (N-methyl/N-ethyl adjacent to an activating group) is 1. The minimum Gasteiger partial charge on any atom is -0.497 e. The van der Waals surface area contributed by atoms with E-state index in [1.54, 1.807) is 14.2 Å². The topological polar surface area (TPSA) is 59.0 Å². The molecule has 1 heterocycles. The van der Waals surface area contributed by atoms with E-state index < -0.39 is 0 Å². The molecule has 2 aromatic rings. The molecule has 6 nitrogen and oxygen atoms in total. The van der Waals surface area contributed by atoms with Crippen LogP contribution in [0.1, 0.15) is 11.3 Å². The van der Waals surface area contributed by atoms with Crippen molar-refractivity contribution in [2.45, 2.75) is 13.3 Å². The number of benzene rings is 1. The molecule has 27 heavy (non-hydrogen) atoms. The maximum Gasteiger partial charge on any atom is 0.193 e. The summed E-state index contributed by atoms with van der Waals surface area (Å²) in [4.78, 5) is 10.7. The van der Waals surface area contributed by atoms with Crippen molar-refractivity contribution in [2.75, 3.05) is 40.9 Å². The molecule has 1 aromatic carbocycles.